The van der Waals surface area contributed by atoms with Crippen molar-refractivity contribution in [1.29, 1.82) is 0 Å². The number of aromatic nitrogens is 2. The summed E-state index contributed by atoms with van der Waals surface area (Å²) in [6, 6.07) is 9.78. The van der Waals surface area contributed by atoms with Crippen LogP contribution in [0.25, 0.3) is 11.0 Å². The van der Waals surface area contributed by atoms with Crippen molar-refractivity contribution in [3.8, 4) is 11.5 Å². The number of carbonyl (C=O) groups excluding carboxylic acids is 1. The van der Waals surface area contributed by atoms with E-state index >= 15 is 0 Å². The van der Waals surface area contributed by atoms with E-state index in [1.165, 1.54) is 32.2 Å². The zero-order valence-corrected chi connectivity index (χ0v) is 17.7. The molecule has 0 aliphatic heterocycles. The van der Waals surface area contributed by atoms with Gasteiger partial charge in [0.25, 0.3) is 5.56 Å². The third-order valence-electron chi connectivity index (χ3n) is 4.82. The molecular formula is C22H22F3N3O4. The number of methoxy groups -OCH3 is 1. The Morgan fingerprint density at radius 3 is 2.56 bits per heavy atom. The van der Waals surface area contributed by atoms with Gasteiger partial charge >= 0.3 is 6.18 Å². The number of halogens is 3. The Labute approximate surface area is 181 Å². The van der Waals surface area contributed by atoms with Gasteiger partial charge in [-0.3, -0.25) is 14.2 Å². The van der Waals surface area contributed by atoms with Gasteiger partial charge in [-0.1, -0.05) is 18.2 Å². The number of rotatable bonds is 7. The molecule has 0 radical (unpaired) electrons. The molecule has 0 aliphatic rings. The Morgan fingerprint density at radius 2 is 1.91 bits per heavy atom. The number of benzene rings is 2. The Balaban J connectivity index is 1.89. The quantitative estimate of drug-likeness (QED) is 0.595. The fraction of sp³-hybridized carbons (Fsp3) is 0.318. The van der Waals surface area contributed by atoms with Crippen LogP contribution in [-0.2, 0) is 17.5 Å². The molecule has 3 aromatic rings. The number of carbonyl (C=O) groups is 1. The maximum atomic E-state index is 13.4. The molecule has 1 atom stereocenters. The summed E-state index contributed by atoms with van der Waals surface area (Å²) in [5, 5.41) is 2.65. The summed E-state index contributed by atoms with van der Waals surface area (Å²) in [5.74, 6) is 0.412. The van der Waals surface area contributed by atoms with Gasteiger partial charge in [0.2, 0.25) is 11.6 Å². The molecule has 10 heteroatoms. The van der Waals surface area contributed by atoms with Crippen molar-refractivity contribution in [2.75, 3.05) is 13.7 Å². The summed E-state index contributed by atoms with van der Waals surface area (Å²) in [5.41, 5.74) is -2.14. The third kappa shape index (κ3) is 4.68. The Morgan fingerprint density at radius 1 is 1.19 bits per heavy atom. The monoisotopic (exact) mass is 449 g/mol. The van der Waals surface area contributed by atoms with E-state index in [1.54, 1.807) is 24.3 Å². The predicted molar refractivity (Wildman–Crippen MR) is 112 cm³/mol. The highest BCUT2D eigenvalue weighted by molar-refractivity contribution is 5.83. The molecule has 170 valence electrons. The third-order valence-corrected chi connectivity index (χ3v) is 4.82. The number of para-hydroxylation sites is 2. The number of nitrogens with one attached hydrogen (secondary N) is 1. The summed E-state index contributed by atoms with van der Waals surface area (Å²) in [7, 11) is 1.49. The van der Waals surface area contributed by atoms with Gasteiger partial charge in [0, 0.05) is 6.54 Å². The van der Waals surface area contributed by atoms with Gasteiger partial charge in [-0.05, 0) is 43.7 Å². The van der Waals surface area contributed by atoms with E-state index in [-0.39, 0.29) is 17.6 Å². The van der Waals surface area contributed by atoms with E-state index in [1.807, 2.05) is 6.92 Å². The highest BCUT2D eigenvalue weighted by atomic mass is 19.4. The lowest BCUT2D eigenvalue weighted by Gasteiger charge is -2.19. The maximum absolute atomic E-state index is 13.4. The van der Waals surface area contributed by atoms with Crippen LogP contribution >= 0.6 is 0 Å². The number of hydrogen-bond acceptors (Lipinski definition) is 5. The predicted octanol–water partition coefficient (Wildman–Crippen LogP) is 3.70. The van der Waals surface area contributed by atoms with Crippen molar-refractivity contribution in [3.63, 3.8) is 0 Å². The molecule has 7 nitrogen and oxygen atoms in total. The van der Waals surface area contributed by atoms with Crippen molar-refractivity contribution in [1.82, 2.24) is 14.9 Å². The smallest absolute Gasteiger partial charge is 0.438 e. The molecule has 0 spiro atoms. The number of amides is 1. The SMILES string of the molecule is CCOc1ccc(CNC(=O)[C@@H](C)n2c(=O)c(C(F)(F)F)nc3ccccc32)cc1OC. The number of ether oxygens (including phenoxy) is 2. The molecule has 0 saturated heterocycles. The second kappa shape index (κ2) is 9.29. The average molecular weight is 449 g/mol. The van der Waals surface area contributed by atoms with Crippen LogP contribution in [0.3, 0.4) is 0 Å². The topological polar surface area (TPSA) is 82.5 Å². The first-order valence-electron chi connectivity index (χ1n) is 9.83. The molecule has 3 rings (SSSR count). The minimum absolute atomic E-state index is 0.0321. The molecule has 1 aromatic heterocycles. The van der Waals surface area contributed by atoms with Crippen LogP contribution in [0.5, 0.6) is 11.5 Å². The molecule has 1 heterocycles. The Bertz CT molecular complexity index is 1190. The molecule has 32 heavy (non-hydrogen) atoms. The first-order valence-corrected chi connectivity index (χ1v) is 9.83. The van der Waals surface area contributed by atoms with Gasteiger partial charge in [0.1, 0.15) is 6.04 Å². The zero-order chi connectivity index (χ0) is 23.5. The summed E-state index contributed by atoms with van der Waals surface area (Å²) >= 11 is 0. The van der Waals surface area contributed by atoms with E-state index in [9.17, 15) is 22.8 Å². The first kappa shape index (κ1) is 23.1. The van der Waals surface area contributed by atoms with E-state index in [2.05, 4.69) is 10.3 Å². The van der Waals surface area contributed by atoms with Crippen LogP contribution in [0.4, 0.5) is 13.2 Å². The van der Waals surface area contributed by atoms with Crippen molar-refractivity contribution in [3.05, 3.63) is 64.1 Å². The highest BCUT2D eigenvalue weighted by Crippen LogP contribution is 2.29. The van der Waals surface area contributed by atoms with Gasteiger partial charge in [-0.25, -0.2) is 4.98 Å². The second-order valence-corrected chi connectivity index (χ2v) is 6.93. The van der Waals surface area contributed by atoms with Crippen LogP contribution in [0.15, 0.2) is 47.3 Å². The van der Waals surface area contributed by atoms with Gasteiger partial charge < -0.3 is 14.8 Å². The molecule has 1 N–H and O–H groups in total. The van der Waals surface area contributed by atoms with Gasteiger partial charge in [0.05, 0.1) is 24.8 Å². The lowest BCUT2D eigenvalue weighted by Crippen LogP contribution is -2.38. The van der Waals surface area contributed by atoms with Crippen LogP contribution in [0.2, 0.25) is 0 Å². The van der Waals surface area contributed by atoms with Crippen LogP contribution in [0.1, 0.15) is 31.1 Å². The fourth-order valence-electron chi connectivity index (χ4n) is 3.27. The lowest BCUT2D eigenvalue weighted by atomic mass is 10.2. The van der Waals surface area contributed by atoms with Crippen molar-refractivity contribution >= 4 is 16.9 Å². The van der Waals surface area contributed by atoms with Crippen LogP contribution in [-0.4, -0.2) is 29.2 Å². The number of alkyl halides is 3. The van der Waals surface area contributed by atoms with Crippen molar-refractivity contribution in [2.45, 2.75) is 32.6 Å². The largest absolute Gasteiger partial charge is 0.493 e. The molecule has 1 amide bonds. The molecular weight excluding hydrogens is 427 g/mol. The summed E-state index contributed by atoms with van der Waals surface area (Å²) in [6.45, 7) is 3.74. The van der Waals surface area contributed by atoms with E-state index in [4.69, 9.17) is 9.47 Å². The normalized spacial score (nSPS) is 12.4. The lowest BCUT2D eigenvalue weighted by molar-refractivity contribution is -0.142. The molecule has 2 aromatic carbocycles. The maximum Gasteiger partial charge on any atom is 0.438 e. The zero-order valence-electron chi connectivity index (χ0n) is 17.7. The molecule has 0 unspecified atom stereocenters. The average Bonchev–Trinajstić information content (AvgIpc) is 2.76. The van der Waals surface area contributed by atoms with E-state index < -0.39 is 29.4 Å². The van der Waals surface area contributed by atoms with Crippen molar-refractivity contribution in [2.24, 2.45) is 0 Å². The van der Waals surface area contributed by atoms with Gasteiger partial charge in [0.15, 0.2) is 11.5 Å². The summed E-state index contributed by atoms with van der Waals surface area (Å²) in [4.78, 5) is 28.8. The molecule has 0 aliphatic carbocycles. The number of hydrogen-bond donors (Lipinski definition) is 1. The van der Waals surface area contributed by atoms with Gasteiger partial charge in [-0.15, -0.1) is 0 Å². The second-order valence-electron chi connectivity index (χ2n) is 6.93. The Kier molecular flexibility index (Phi) is 6.71. The fourth-order valence-corrected chi connectivity index (χ4v) is 3.27. The first-order chi connectivity index (χ1) is 15.2. The van der Waals surface area contributed by atoms with E-state index in [0.717, 1.165) is 4.57 Å². The minimum atomic E-state index is -4.95. The van der Waals surface area contributed by atoms with Crippen LogP contribution in [0, 0.1) is 0 Å². The molecule has 0 fully saturated rings. The van der Waals surface area contributed by atoms with E-state index in [0.29, 0.717) is 23.7 Å². The molecule has 0 saturated carbocycles. The molecule has 0 bridgehead atoms. The number of fused-ring (bicyclic) bond motifs is 1. The van der Waals surface area contributed by atoms with Gasteiger partial charge in [-0.2, -0.15) is 13.2 Å². The standard InChI is InChI=1S/C22H22F3N3O4/c1-4-32-17-10-9-14(11-18(17)31-3)12-26-20(29)13(2)28-16-8-6-5-7-15(16)27-19(21(28)30)22(23,24)25/h5-11,13H,4,12H2,1-3H3,(H,26,29)/t13-/m1/s1. The van der Waals surface area contributed by atoms with Crippen molar-refractivity contribution < 1.29 is 27.4 Å². The summed E-state index contributed by atoms with van der Waals surface area (Å²) < 4.78 is 51.6. The summed E-state index contributed by atoms with van der Waals surface area (Å²) in [6.07, 6.45) is -4.95. The minimum Gasteiger partial charge on any atom is -0.493 e. The van der Waals surface area contributed by atoms with Crippen LogP contribution < -0.4 is 20.3 Å². The highest BCUT2D eigenvalue weighted by Gasteiger charge is 2.38. The Hall–Kier alpha value is -3.56. The number of nitrogens with zero attached hydrogens (tertiary/aromatic N) is 2.